The van der Waals surface area contributed by atoms with Crippen molar-refractivity contribution < 1.29 is 9.18 Å². The number of halogens is 1. The van der Waals surface area contributed by atoms with Gasteiger partial charge in [0.15, 0.2) is 0 Å². The minimum Gasteiger partial charge on any atom is -0.352 e. The van der Waals surface area contributed by atoms with Gasteiger partial charge < -0.3 is 5.32 Å². The van der Waals surface area contributed by atoms with E-state index in [1.807, 2.05) is 0 Å². The van der Waals surface area contributed by atoms with Crippen molar-refractivity contribution in [1.82, 2.24) is 14.9 Å². The van der Waals surface area contributed by atoms with E-state index in [4.69, 9.17) is 0 Å². The number of nitrogens with one attached hydrogen (secondary N) is 2. The Morgan fingerprint density at radius 3 is 2.72 bits per heavy atom. The van der Waals surface area contributed by atoms with Gasteiger partial charge in [-0.2, -0.15) is 0 Å². The Bertz CT molecular complexity index is 1040. The lowest BCUT2D eigenvalue weighted by molar-refractivity contribution is -0.121. The Kier molecular flexibility index (Phi) is 4.74. The van der Waals surface area contributed by atoms with Crippen molar-refractivity contribution in [2.75, 3.05) is 0 Å². The van der Waals surface area contributed by atoms with Gasteiger partial charge >= 0.3 is 5.69 Å². The highest BCUT2D eigenvalue weighted by Gasteiger charge is 2.09. The third-order valence-electron chi connectivity index (χ3n) is 3.85. The molecule has 1 heterocycles. The highest BCUT2D eigenvalue weighted by Crippen LogP contribution is 2.07. The average molecular weight is 341 g/mol. The van der Waals surface area contributed by atoms with Crippen molar-refractivity contribution in [2.24, 2.45) is 0 Å². The topological polar surface area (TPSA) is 84.0 Å². The van der Waals surface area contributed by atoms with E-state index in [9.17, 15) is 18.8 Å². The van der Waals surface area contributed by atoms with Crippen molar-refractivity contribution in [3.63, 3.8) is 0 Å². The van der Waals surface area contributed by atoms with Gasteiger partial charge in [-0.1, -0.05) is 24.3 Å². The molecule has 0 saturated carbocycles. The molecule has 0 aliphatic carbocycles. The predicted molar refractivity (Wildman–Crippen MR) is 91.7 cm³/mol. The first kappa shape index (κ1) is 16.6. The summed E-state index contributed by atoms with van der Waals surface area (Å²) in [6, 6.07) is 12.7. The Morgan fingerprint density at radius 2 is 1.92 bits per heavy atom. The molecule has 3 aromatic rings. The summed E-state index contributed by atoms with van der Waals surface area (Å²) in [6.07, 6.45) is 0.0608. The molecule has 7 heteroatoms. The van der Waals surface area contributed by atoms with Crippen LogP contribution < -0.4 is 16.6 Å². The fourth-order valence-electron chi connectivity index (χ4n) is 2.61. The molecule has 2 N–H and O–H groups in total. The molecule has 0 aliphatic heterocycles. The maximum atomic E-state index is 13.1. The number of para-hydroxylation sites is 1. The highest BCUT2D eigenvalue weighted by atomic mass is 19.1. The molecule has 0 fully saturated rings. The second kappa shape index (κ2) is 7.12. The third kappa shape index (κ3) is 3.82. The van der Waals surface area contributed by atoms with Gasteiger partial charge in [-0.15, -0.1) is 0 Å². The Morgan fingerprint density at radius 1 is 1.12 bits per heavy atom. The van der Waals surface area contributed by atoms with Crippen LogP contribution in [-0.2, 0) is 17.9 Å². The molecule has 6 nitrogen and oxygen atoms in total. The Hall–Kier alpha value is -3.22. The fourth-order valence-corrected chi connectivity index (χ4v) is 2.61. The minimum atomic E-state index is -0.554. The molecule has 1 amide bonds. The number of aromatic nitrogens is 2. The number of fused-ring (bicyclic) bond motifs is 1. The van der Waals surface area contributed by atoms with Crippen LogP contribution in [0.2, 0.25) is 0 Å². The predicted octanol–water partition coefficient (Wildman–Crippen LogP) is 1.54. The van der Waals surface area contributed by atoms with Crippen LogP contribution in [0.5, 0.6) is 0 Å². The molecule has 25 heavy (non-hydrogen) atoms. The zero-order chi connectivity index (χ0) is 17.8. The van der Waals surface area contributed by atoms with Gasteiger partial charge in [-0.05, 0) is 29.8 Å². The van der Waals surface area contributed by atoms with E-state index < -0.39 is 11.2 Å². The molecular weight excluding hydrogens is 325 g/mol. The summed E-state index contributed by atoms with van der Waals surface area (Å²) in [4.78, 5) is 38.1. The Labute approximate surface area is 141 Å². The van der Waals surface area contributed by atoms with Crippen LogP contribution >= 0.6 is 0 Å². The van der Waals surface area contributed by atoms with Crippen molar-refractivity contribution in [2.45, 2.75) is 19.5 Å². The standard InChI is InChI=1S/C18H16FN3O3/c19-13-5-3-4-12(10-13)11-20-16(23)8-9-22-15-7-2-1-6-14(15)17(24)21-18(22)25/h1-7,10H,8-9,11H2,(H,20,23)(H,21,24,25). The molecule has 0 radical (unpaired) electrons. The number of benzene rings is 2. The second-order valence-electron chi connectivity index (χ2n) is 5.58. The molecule has 128 valence electrons. The SMILES string of the molecule is O=C(CCn1c(=O)[nH]c(=O)c2ccccc21)NCc1cccc(F)c1. The quantitative estimate of drug-likeness (QED) is 0.738. The largest absolute Gasteiger partial charge is 0.352 e. The van der Waals surface area contributed by atoms with Crippen molar-refractivity contribution in [3.05, 3.63) is 80.7 Å². The smallest absolute Gasteiger partial charge is 0.328 e. The summed E-state index contributed by atoms with van der Waals surface area (Å²) in [5, 5.41) is 3.07. The zero-order valence-electron chi connectivity index (χ0n) is 13.3. The maximum absolute atomic E-state index is 13.1. The van der Waals surface area contributed by atoms with Crippen molar-refractivity contribution in [3.8, 4) is 0 Å². The van der Waals surface area contributed by atoms with E-state index >= 15 is 0 Å². The number of H-pyrrole nitrogens is 1. The highest BCUT2D eigenvalue weighted by molar-refractivity contribution is 5.78. The summed E-state index contributed by atoms with van der Waals surface area (Å²) in [5.74, 6) is -0.635. The monoisotopic (exact) mass is 341 g/mol. The van der Waals surface area contributed by atoms with Gasteiger partial charge in [0.05, 0.1) is 10.9 Å². The lowest BCUT2D eigenvalue weighted by atomic mass is 10.2. The van der Waals surface area contributed by atoms with Crippen LogP contribution in [0, 0.1) is 5.82 Å². The molecule has 0 unspecified atom stereocenters. The van der Waals surface area contributed by atoms with E-state index in [0.29, 0.717) is 16.5 Å². The van der Waals surface area contributed by atoms with Crippen LogP contribution in [0.4, 0.5) is 4.39 Å². The van der Waals surface area contributed by atoms with Crippen molar-refractivity contribution in [1.29, 1.82) is 0 Å². The third-order valence-corrected chi connectivity index (χ3v) is 3.85. The molecule has 0 atom stereocenters. The van der Waals surface area contributed by atoms with Crippen LogP contribution in [0.25, 0.3) is 10.9 Å². The fraction of sp³-hybridized carbons (Fsp3) is 0.167. The van der Waals surface area contributed by atoms with Gasteiger partial charge in [0.25, 0.3) is 5.56 Å². The number of nitrogens with zero attached hydrogens (tertiary/aromatic N) is 1. The zero-order valence-corrected chi connectivity index (χ0v) is 13.3. The summed E-state index contributed by atoms with van der Waals surface area (Å²) in [5.41, 5.74) is 0.128. The van der Waals surface area contributed by atoms with Crippen LogP contribution in [0.1, 0.15) is 12.0 Å². The number of aromatic amines is 1. The number of carbonyl (C=O) groups excluding carboxylic acids is 1. The maximum Gasteiger partial charge on any atom is 0.328 e. The van der Waals surface area contributed by atoms with Crippen LogP contribution in [0.3, 0.4) is 0 Å². The normalized spacial score (nSPS) is 10.8. The molecule has 0 saturated heterocycles. The first-order chi connectivity index (χ1) is 12.0. The molecule has 2 aromatic carbocycles. The first-order valence-electron chi connectivity index (χ1n) is 7.77. The Balaban J connectivity index is 1.69. The molecular formula is C18H16FN3O3. The van der Waals surface area contributed by atoms with Gasteiger partial charge in [0.2, 0.25) is 5.91 Å². The number of rotatable bonds is 5. The van der Waals surface area contributed by atoms with E-state index in [1.165, 1.54) is 16.7 Å². The molecule has 0 aliphatic rings. The lowest BCUT2D eigenvalue weighted by Crippen LogP contribution is -2.32. The minimum absolute atomic E-state index is 0.0608. The van der Waals surface area contributed by atoms with Crippen LogP contribution in [0.15, 0.2) is 58.1 Å². The first-order valence-corrected chi connectivity index (χ1v) is 7.77. The number of hydrogen-bond donors (Lipinski definition) is 2. The van der Waals surface area contributed by atoms with Crippen LogP contribution in [-0.4, -0.2) is 15.5 Å². The van der Waals surface area contributed by atoms with Gasteiger partial charge in [-0.25, -0.2) is 9.18 Å². The summed E-state index contributed by atoms with van der Waals surface area (Å²) >= 11 is 0. The lowest BCUT2D eigenvalue weighted by Gasteiger charge is -2.10. The van der Waals surface area contributed by atoms with Crippen molar-refractivity contribution >= 4 is 16.8 Å². The van der Waals surface area contributed by atoms with Gasteiger partial charge in [0, 0.05) is 19.5 Å². The average Bonchev–Trinajstić information content (AvgIpc) is 2.60. The number of amides is 1. The van der Waals surface area contributed by atoms with Gasteiger partial charge in [-0.3, -0.25) is 19.1 Å². The van der Waals surface area contributed by atoms with E-state index in [2.05, 4.69) is 10.3 Å². The number of aryl methyl sites for hydroxylation is 1. The molecule has 3 rings (SSSR count). The number of hydrogen-bond acceptors (Lipinski definition) is 3. The molecule has 1 aromatic heterocycles. The summed E-state index contributed by atoms with van der Waals surface area (Å²) < 4.78 is 14.5. The second-order valence-corrected chi connectivity index (χ2v) is 5.58. The summed E-state index contributed by atoms with van der Waals surface area (Å²) in [7, 11) is 0. The van der Waals surface area contributed by atoms with E-state index in [1.54, 1.807) is 36.4 Å². The number of carbonyl (C=O) groups is 1. The molecule has 0 bridgehead atoms. The summed E-state index contributed by atoms with van der Waals surface area (Å²) in [6.45, 7) is 0.336. The van der Waals surface area contributed by atoms with E-state index in [-0.39, 0.29) is 31.2 Å². The molecule has 0 spiro atoms. The van der Waals surface area contributed by atoms with E-state index in [0.717, 1.165) is 0 Å². The van der Waals surface area contributed by atoms with Gasteiger partial charge in [0.1, 0.15) is 5.82 Å².